The zero-order valence-corrected chi connectivity index (χ0v) is 17.6. The van der Waals surface area contributed by atoms with E-state index < -0.39 is 22.9 Å². The second kappa shape index (κ2) is 9.42. The maximum absolute atomic E-state index is 13.0. The highest BCUT2D eigenvalue weighted by molar-refractivity contribution is 8.15. The molecule has 0 saturated carbocycles. The smallest absolute Gasteiger partial charge is 0.416 e. The number of ether oxygens (including phenoxy) is 1. The second-order valence-corrected chi connectivity index (χ2v) is 7.83. The number of aliphatic imine (C=N–C) groups is 1. The van der Waals surface area contributed by atoms with Crippen molar-refractivity contribution in [2.24, 2.45) is 4.99 Å². The zero-order valence-electron chi connectivity index (χ0n) is 16.8. The molecule has 2 aromatic rings. The third-order valence-corrected chi connectivity index (χ3v) is 5.61. The number of anilines is 1. The lowest BCUT2D eigenvalue weighted by Crippen LogP contribution is -2.43. The molecule has 2 aromatic carbocycles. The molecular formula is C21H20F3N3O3S. The van der Waals surface area contributed by atoms with Gasteiger partial charge in [-0.25, -0.2) is 4.99 Å². The number of nitrogens with zero attached hydrogens (tertiary/aromatic N) is 2. The minimum Gasteiger partial charge on any atom is -0.494 e. The van der Waals surface area contributed by atoms with Gasteiger partial charge >= 0.3 is 6.18 Å². The molecule has 0 unspecified atom stereocenters. The van der Waals surface area contributed by atoms with Crippen molar-refractivity contribution in [3.63, 3.8) is 0 Å². The monoisotopic (exact) mass is 451 g/mol. The van der Waals surface area contributed by atoms with E-state index in [9.17, 15) is 22.8 Å². The van der Waals surface area contributed by atoms with Crippen molar-refractivity contribution >= 4 is 40.1 Å². The lowest BCUT2D eigenvalue weighted by Gasteiger charge is -2.28. The summed E-state index contributed by atoms with van der Waals surface area (Å²) in [5.41, 5.74) is -0.283. The third-order valence-electron chi connectivity index (χ3n) is 4.37. The molecule has 2 amide bonds. The number of rotatable bonds is 5. The maximum atomic E-state index is 13.0. The van der Waals surface area contributed by atoms with Crippen molar-refractivity contribution in [1.29, 1.82) is 0 Å². The van der Waals surface area contributed by atoms with Gasteiger partial charge in [0, 0.05) is 25.2 Å². The van der Waals surface area contributed by atoms with E-state index in [1.807, 2.05) is 6.92 Å². The normalized spacial score (nSPS) is 18.2. The van der Waals surface area contributed by atoms with Crippen LogP contribution in [0, 0.1) is 0 Å². The highest BCUT2D eigenvalue weighted by Gasteiger charge is 2.34. The van der Waals surface area contributed by atoms with Gasteiger partial charge in [0.2, 0.25) is 11.8 Å². The van der Waals surface area contributed by atoms with Gasteiger partial charge in [-0.3, -0.25) is 14.5 Å². The highest BCUT2D eigenvalue weighted by atomic mass is 32.2. The first-order chi connectivity index (χ1) is 14.7. The highest BCUT2D eigenvalue weighted by Crippen LogP contribution is 2.33. The number of thioether (sulfide) groups is 1. The Labute approximate surface area is 181 Å². The van der Waals surface area contributed by atoms with E-state index in [2.05, 4.69) is 10.3 Å². The van der Waals surface area contributed by atoms with E-state index in [1.54, 1.807) is 24.3 Å². The molecule has 1 saturated heterocycles. The maximum Gasteiger partial charge on any atom is 0.416 e. The van der Waals surface area contributed by atoms with Crippen molar-refractivity contribution in [3.8, 4) is 5.75 Å². The molecule has 0 aliphatic carbocycles. The Bertz CT molecular complexity index is 1010. The topological polar surface area (TPSA) is 71.0 Å². The van der Waals surface area contributed by atoms with Crippen LogP contribution in [0.15, 0.2) is 53.5 Å². The molecular weight excluding hydrogens is 431 g/mol. The Morgan fingerprint density at radius 3 is 2.71 bits per heavy atom. The molecule has 3 rings (SSSR count). The minimum absolute atomic E-state index is 0.0439. The predicted octanol–water partition coefficient (Wildman–Crippen LogP) is 4.69. The first-order valence-corrected chi connectivity index (χ1v) is 10.3. The number of nitrogens with one attached hydrogen (secondary N) is 1. The molecule has 1 N–H and O–H groups in total. The summed E-state index contributed by atoms with van der Waals surface area (Å²) in [4.78, 5) is 30.5. The van der Waals surface area contributed by atoms with E-state index in [-0.39, 0.29) is 23.2 Å². The summed E-state index contributed by atoms with van der Waals surface area (Å²) < 4.78 is 44.3. The predicted molar refractivity (Wildman–Crippen MR) is 114 cm³/mol. The lowest BCUT2D eigenvalue weighted by atomic mass is 10.2. The first-order valence-electron chi connectivity index (χ1n) is 9.40. The summed E-state index contributed by atoms with van der Waals surface area (Å²) in [6.45, 7) is 2.32. The van der Waals surface area contributed by atoms with Crippen molar-refractivity contribution in [3.05, 3.63) is 54.1 Å². The van der Waals surface area contributed by atoms with Crippen LogP contribution in [0.4, 0.5) is 24.5 Å². The van der Waals surface area contributed by atoms with Gasteiger partial charge in [0.25, 0.3) is 0 Å². The number of amidine groups is 1. The molecule has 0 spiro atoms. The minimum atomic E-state index is -4.50. The van der Waals surface area contributed by atoms with E-state index in [0.717, 1.165) is 23.9 Å². The van der Waals surface area contributed by atoms with Gasteiger partial charge in [-0.05, 0) is 37.3 Å². The van der Waals surface area contributed by atoms with Crippen LogP contribution in [0.5, 0.6) is 5.75 Å². The Balaban J connectivity index is 1.79. The Morgan fingerprint density at radius 2 is 2.00 bits per heavy atom. The molecule has 1 atom stereocenters. The molecule has 1 heterocycles. The SMILES string of the molecule is CCOc1cccc(NC(=O)[C@H]2CC(=O)N(C)C(=Nc3cccc(C(F)(F)F)c3)S2)c1. The van der Waals surface area contributed by atoms with Gasteiger partial charge in [0.05, 0.1) is 17.9 Å². The van der Waals surface area contributed by atoms with Gasteiger partial charge in [0.1, 0.15) is 11.0 Å². The number of amides is 2. The van der Waals surface area contributed by atoms with Crippen LogP contribution >= 0.6 is 11.8 Å². The van der Waals surface area contributed by atoms with E-state index in [0.29, 0.717) is 18.0 Å². The van der Waals surface area contributed by atoms with E-state index in [1.165, 1.54) is 24.1 Å². The Kier molecular flexibility index (Phi) is 6.89. The quantitative estimate of drug-likeness (QED) is 0.716. The molecule has 10 heteroatoms. The molecule has 1 fully saturated rings. The molecule has 0 aromatic heterocycles. The van der Waals surface area contributed by atoms with Gasteiger partial charge in [-0.2, -0.15) is 13.2 Å². The van der Waals surface area contributed by atoms with E-state index in [4.69, 9.17) is 4.74 Å². The third kappa shape index (κ3) is 5.78. The van der Waals surface area contributed by atoms with Crippen LogP contribution in [0.25, 0.3) is 0 Å². The molecule has 0 bridgehead atoms. The van der Waals surface area contributed by atoms with Gasteiger partial charge < -0.3 is 10.1 Å². The second-order valence-electron chi connectivity index (χ2n) is 6.66. The van der Waals surface area contributed by atoms with Crippen LogP contribution in [-0.2, 0) is 15.8 Å². The number of halogens is 3. The van der Waals surface area contributed by atoms with Crippen molar-refractivity contribution in [1.82, 2.24) is 4.90 Å². The summed E-state index contributed by atoms with van der Waals surface area (Å²) in [5, 5.41) is 2.12. The summed E-state index contributed by atoms with van der Waals surface area (Å²) in [6.07, 6.45) is -4.56. The van der Waals surface area contributed by atoms with Crippen LogP contribution in [0.1, 0.15) is 18.9 Å². The summed E-state index contributed by atoms with van der Waals surface area (Å²) >= 11 is 1.02. The van der Waals surface area contributed by atoms with E-state index >= 15 is 0 Å². The summed E-state index contributed by atoms with van der Waals surface area (Å²) in [5.74, 6) is -0.163. The van der Waals surface area contributed by atoms with Crippen molar-refractivity contribution in [2.75, 3.05) is 19.0 Å². The van der Waals surface area contributed by atoms with Crippen LogP contribution in [0.2, 0.25) is 0 Å². The van der Waals surface area contributed by atoms with Crippen LogP contribution < -0.4 is 10.1 Å². The fourth-order valence-electron chi connectivity index (χ4n) is 2.81. The average molecular weight is 451 g/mol. The lowest BCUT2D eigenvalue weighted by molar-refractivity contribution is -0.137. The largest absolute Gasteiger partial charge is 0.494 e. The number of hydrogen-bond donors (Lipinski definition) is 1. The molecule has 164 valence electrons. The van der Waals surface area contributed by atoms with Gasteiger partial charge in [-0.1, -0.05) is 23.9 Å². The molecule has 31 heavy (non-hydrogen) atoms. The number of benzene rings is 2. The summed E-state index contributed by atoms with van der Waals surface area (Å²) in [6, 6.07) is 11.3. The first kappa shape index (κ1) is 22.7. The average Bonchev–Trinajstić information content (AvgIpc) is 2.71. The van der Waals surface area contributed by atoms with Crippen LogP contribution in [-0.4, -0.2) is 40.8 Å². The fourth-order valence-corrected chi connectivity index (χ4v) is 3.88. The van der Waals surface area contributed by atoms with Gasteiger partial charge in [-0.15, -0.1) is 0 Å². The molecule has 6 nitrogen and oxygen atoms in total. The van der Waals surface area contributed by atoms with Crippen LogP contribution in [0.3, 0.4) is 0 Å². The Hall–Kier alpha value is -3.01. The molecule has 1 aliphatic heterocycles. The number of hydrogen-bond acceptors (Lipinski definition) is 5. The van der Waals surface area contributed by atoms with Crippen molar-refractivity contribution in [2.45, 2.75) is 24.8 Å². The van der Waals surface area contributed by atoms with Crippen molar-refractivity contribution < 1.29 is 27.5 Å². The zero-order chi connectivity index (χ0) is 22.6. The number of carbonyl (C=O) groups is 2. The molecule has 0 radical (unpaired) electrons. The Morgan fingerprint density at radius 1 is 1.26 bits per heavy atom. The van der Waals surface area contributed by atoms with Gasteiger partial charge in [0.15, 0.2) is 5.17 Å². The number of carbonyl (C=O) groups excluding carboxylic acids is 2. The number of alkyl halides is 3. The fraction of sp³-hybridized carbons (Fsp3) is 0.286. The molecule has 1 aliphatic rings. The summed E-state index contributed by atoms with van der Waals surface area (Å²) in [7, 11) is 1.47. The standard InChI is InChI=1S/C21H20F3N3O3S/c1-3-30-16-9-5-8-15(11-16)25-19(29)17-12-18(28)27(2)20(31-17)26-14-7-4-6-13(10-14)21(22,23)24/h4-11,17H,3,12H2,1-2H3,(H,25,29)/t17-/m1/s1.